The van der Waals surface area contributed by atoms with Gasteiger partial charge in [0.25, 0.3) is 0 Å². The van der Waals surface area contributed by atoms with Crippen molar-refractivity contribution in [3.63, 3.8) is 0 Å². The van der Waals surface area contributed by atoms with E-state index in [-0.39, 0.29) is 0 Å². The lowest BCUT2D eigenvalue weighted by atomic mass is 10.1. The molecule has 0 amide bonds. The second-order valence-electron chi connectivity index (χ2n) is 5.15. The number of aromatic nitrogens is 1. The largest absolute Gasteiger partial charge is 0.490 e. The van der Waals surface area contributed by atoms with Crippen molar-refractivity contribution in [2.24, 2.45) is 5.16 Å². The minimum absolute atomic E-state index is 0.414. The van der Waals surface area contributed by atoms with Crippen LogP contribution in [0.3, 0.4) is 0 Å². The molecule has 0 saturated heterocycles. The third-order valence-electron chi connectivity index (χ3n) is 3.22. The van der Waals surface area contributed by atoms with E-state index in [0.29, 0.717) is 13.2 Å². The van der Waals surface area contributed by atoms with Gasteiger partial charge in [0, 0.05) is 5.38 Å². The van der Waals surface area contributed by atoms with E-state index in [1.165, 1.54) is 18.4 Å². The predicted molar refractivity (Wildman–Crippen MR) is 97.3 cm³/mol. The summed E-state index contributed by atoms with van der Waals surface area (Å²) in [7, 11) is 1.51. The summed E-state index contributed by atoms with van der Waals surface area (Å²) in [5, 5.41) is 6.45. The maximum atomic E-state index is 5.95. The summed E-state index contributed by atoms with van der Waals surface area (Å²) < 4.78 is 11.6. The van der Waals surface area contributed by atoms with Crippen molar-refractivity contribution >= 4 is 17.6 Å². The second kappa shape index (κ2) is 9.08. The minimum Gasteiger partial charge on any atom is -0.490 e. The van der Waals surface area contributed by atoms with Crippen molar-refractivity contribution in [3.8, 4) is 11.5 Å². The van der Waals surface area contributed by atoms with Crippen LogP contribution in [0, 0.1) is 13.8 Å². The molecule has 24 heavy (non-hydrogen) atoms. The van der Waals surface area contributed by atoms with Crippen molar-refractivity contribution in [3.05, 3.63) is 51.5 Å². The van der Waals surface area contributed by atoms with Crippen LogP contribution in [-0.2, 0) is 11.4 Å². The molecule has 0 aliphatic rings. The van der Waals surface area contributed by atoms with Gasteiger partial charge in [-0.25, -0.2) is 4.98 Å². The molecule has 0 spiro atoms. The van der Waals surface area contributed by atoms with Gasteiger partial charge >= 0.3 is 0 Å². The Balaban J connectivity index is 2.01. The molecule has 1 aromatic carbocycles. The Hall–Kier alpha value is -2.34. The molecule has 1 heterocycles. The van der Waals surface area contributed by atoms with E-state index in [9.17, 15) is 0 Å². The fourth-order valence-corrected chi connectivity index (χ4v) is 2.81. The maximum absolute atomic E-state index is 5.95. The van der Waals surface area contributed by atoms with Crippen LogP contribution in [0.25, 0.3) is 0 Å². The lowest BCUT2D eigenvalue weighted by molar-refractivity contribution is 0.215. The summed E-state index contributed by atoms with van der Waals surface area (Å²) in [5.74, 6) is 1.72. The molecular formula is C18H22N2O3S. The van der Waals surface area contributed by atoms with Crippen molar-refractivity contribution in [1.82, 2.24) is 4.98 Å². The molecule has 0 aliphatic heterocycles. The Bertz CT molecular complexity index is 700. The van der Waals surface area contributed by atoms with Crippen LogP contribution in [0.15, 0.2) is 34.8 Å². The summed E-state index contributed by atoms with van der Waals surface area (Å²) in [6.07, 6.45) is 5.53. The third-order valence-corrected chi connectivity index (χ3v) is 4.05. The van der Waals surface area contributed by atoms with Gasteiger partial charge in [0.1, 0.15) is 43.0 Å². The van der Waals surface area contributed by atoms with Crippen molar-refractivity contribution in [2.75, 3.05) is 13.7 Å². The highest BCUT2D eigenvalue weighted by Gasteiger charge is 2.09. The standard InChI is InChI=1S/C18H22N2O3S/c1-5-6-7-22-16-8-13(2)18(14(3)9-16)23-11-15-12-24-17(20-15)10-19-21-4/h5-6,8-10,12H,7,11H2,1-4H3/b6-5+,19-10-. The Kier molecular flexibility index (Phi) is 6.81. The van der Waals surface area contributed by atoms with Gasteiger partial charge < -0.3 is 14.3 Å². The summed E-state index contributed by atoms with van der Waals surface area (Å²) in [6, 6.07) is 3.98. The molecule has 0 saturated carbocycles. The number of oxime groups is 1. The van der Waals surface area contributed by atoms with Gasteiger partial charge in [0.05, 0.1) is 5.69 Å². The van der Waals surface area contributed by atoms with Crippen molar-refractivity contribution in [2.45, 2.75) is 27.4 Å². The molecule has 128 valence electrons. The lowest BCUT2D eigenvalue weighted by Crippen LogP contribution is -2.01. The van der Waals surface area contributed by atoms with Crippen LogP contribution in [0.1, 0.15) is 28.8 Å². The average molecular weight is 346 g/mol. The van der Waals surface area contributed by atoms with E-state index in [0.717, 1.165) is 33.3 Å². The van der Waals surface area contributed by atoms with Gasteiger partial charge in [-0.3, -0.25) is 0 Å². The molecule has 2 aromatic rings. The molecule has 0 fully saturated rings. The smallest absolute Gasteiger partial charge is 0.138 e. The van der Waals surface area contributed by atoms with Gasteiger partial charge in [-0.1, -0.05) is 17.3 Å². The van der Waals surface area contributed by atoms with E-state index in [2.05, 4.69) is 15.0 Å². The van der Waals surface area contributed by atoms with Crippen LogP contribution in [0.5, 0.6) is 11.5 Å². The lowest BCUT2D eigenvalue weighted by Gasteiger charge is -2.13. The molecule has 0 N–H and O–H groups in total. The van der Waals surface area contributed by atoms with Crippen LogP contribution in [0.4, 0.5) is 0 Å². The normalized spacial score (nSPS) is 11.3. The highest BCUT2D eigenvalue weighted by molar-refractivity contribution is 7.11. The van der Waals surface area contributed by atoms with Gasteiger partial charge in [0.15, 0.2) is 0 Å². The zero-order chi connectivity index (χ0) is 17.4. The van der Waals surface area contributed by atoms with E-state index >= 15 is 0 Å². The number of ether oxygens (including phenoxy) is 2. The molecule has 0 unspecified atom stereocenters. The number of aryl methyl sites for hydroxylation is 2. The summed E-state index contributed by atoms with van der Waals surface area (Å²) in [4.78, 5) is 9.07. The summed E-state index contributed by atoms with van der Waals surface area (Å²) in [5.41, 5.74) is 2.95. The first kappa shape index (κ1) is 18.0. The Morgan fingerprint density at radius 1 is 1.21 bits per heavy atom. The van der Waals surface area contributed by atoms with Gasteiger partial charge in [-0.15, -0.1) is 11.3 Å². The van der Waals surface area contributed by atoms with Crippen LogP contribution < -0.4 is 9.47 Å². The molecule has 5 nitrogen and oxygen atoms in total. The number of thiazole rings is 1. The first-order chi connectivity index (χ1) is 11.6. The van der Waals surface area contributed by atoms with Crippen molar-refractivity contribution < 1.29 is 14.3 Å². The molecule has 1 aromatic heterocycles. The molecular weight excluding hydrogens is 324 g/mol. The van der Waals surface area contributed by atoms with E-state index < -0.39 is 0 Å². The zero-order valence-corrected chi connectivity index (χ0v) is 15.2. The number of hydrogen-bond donors (Lipinski definition) is 0. The molecule has 2 rings (SSSR count). The predicted octanol–water partition coefficient (Wildman–Crippen LogP) is 4.27. The van der Waals surface area contributed by atoms with Gasteiger partial charge in [0.2, 0.25) is 0 Å². The first-order valence-corrected chi connectivity index (χ1v) is 8.51. The Morgan fingerprint density at radius 2 is 1.96 bits per heavy atom. The van der Waals surface area contributed by atoms with Crippen LogP contribution in [-0.4, -0.2) is 24.9 Å². The highest BCUT2D eigenvalue weighted by atomic mass is 32.1. The highest BCUT2D eigenvalue weighted by Crippen LogP contribution is 2.29. The molecule has 6 heteroatoms. The number of rotatable bonds is 8. The van der Waals surface area contributed by atoms with Crippen LogP contribution in [0.2, 0.25) is 0 Å². The summed E-state index contributed by atoms with van der Waals surface area (Å²) in [6.45, 7) is 6.99. The molecule has 0 aliphatic carbocycles. The third kappa shape index (κ3) is 5.09. The topological polar surface area (TPSA) is 52.9 Å². The zero-order valence-electron chi connectivity index (χ0n) is 14.4. The summed E-state index contributed by atoms with van der Waals surface area (Å²) >= 11 is 1.50. The monoisotopic (exact) mass is 346 g/mol. The second-order valence-corrected chi connectivity index (χ2v) is 6.04. The fourth-order valence-electron chi connectivity index (χ4n) is 2.15. The minimum atomic E-state index is 0.414. The SMILES string of the molecule is C/C=C/COc1cc(C)c(OCc2csc(/C=N\OC)n2)c(C)c1. The number of benzene rings is 1. The molecule has 0 radical (unpaired) electrons. The Morgan fingerprint density at radius 3 is 2.62 bits per heavy atom. The maximum Gasteiger partial charge on any atom is 0.138 e. The van der Waals surface area contributed by atoms with E-state index in [1.807, 2.05) is 50.4 Å². The van der Waals surface area contributed by atoms with E-state index in [1.54, 1.807) is 6.21 Å². The number of allylic oxidation sites excluding steroid dienone is 1. The van der Waals surface area contributed by atoms with Gasteiger partial charge in [-0.05, 0) is 44.0 Å². The quantitative estimate of drug-likeness (QED) is 0.407. The Labute approximate surface area is 146 Å². The first-order valence-electron chi connectivity index (χ1n) is 7.63. The van der Waals surface area contributed by atoms with E-state index in [4.69, 9.17) is 9.47 Å². The average Bonchev–Trinajstić information content (AvgIpc) is 3.00. The molecule has 0 atom stereocenters. The molecule has 0 bridgehead atoms. The number of nitrogens with zero attached hydrogens (tertiary/aromatic N) is 2. The van der Waals surface area contributed by atoms with Crippen LogP contribution >= 0.6 is 11.3 Å². The van der Waals surface area contributed by atoms with Crippen molar-refractivity contribution in [1.29, 1.82) is 0 Å². The fraction of sp³-hybridized carbons (Fsp3) is 0.333. The van der Waals surface area contributed by atoms with Gasteiger partial charge in [-0.2, -0.15) is 0 Å². The number of hydrogen-bond acceptors (Lipinski definition) is 6.